The van der Waals surface area contributed by atoms with Crippen molar-refractivity contribution in [3.63, 3.8) is 0 Å². The van der Waals surface area contributed by atoms with Crippen molar-refractivity contribution in [3.05, 3.63) is 56.5 Å². The second kappa shape index (κ2) is 5.71. The van der Waals surface area contributed by atoms with Gasteiger partial charge in [0.1, 0.15) is 11.6 Å². The highest BCUT2D eigenvalue weighted by Gasteiger charge is 2.14. The molecule has 0 aliphatic rings. The first-order valence-electron chi connectivity index (χ1n) is 6.20. The minimum atomic E-state index is -0.321. The van der Waals surface area contributed by atoms with Crippen LogP contribution in [0, 0.1) is 12.7 Å². The van der Waals surface area contributed by atoms with Gasteiger partial charge < -0.3 is 0 Å². The summed E-state index contributed by atoms with van der Waals surface area (Å²) in [5, 5.41) is 0. The van der Waals surface area contributed by atoms with Gasteiger partial charge in [-0.3, -0.25) is 4.57 Å². The highest BCUT2D eigenvalue weighted by Crippen LogP contribution is 2.29. The van der Waals surface area contributed by atoms with Crippen molar-refractivity contribution >= 4 is 54.5 Å². The normalized spacial score (nSPS) is 11.3. The van der Waals surface area contributed by atoms with E-state index in [0.29, 0.717) is 21.3 Å². The molecule has 108 valence electrons. The number of fused-ring (bicyclic) bond motifs is 1. The Morgan fingerprint density at radius 1 is 1.19 bits per heavy atom. The van der Waals surface area contributed by atoms with E-state index in [0.717, 1.165) is 15.7 Å². The number of benzene rings is 2. The fraction of sp³-hybridized carbons (Fsp3) is 0.133. The lowest BCUT2D eigenvalue weighted by atomic mass is 10.2. The molecule has 0 saturated heterocycles. The monoisotopic (exact) mass is 430 g/mol. The number of aryl methyl sites for hydroxylation is 1. The highest BCUT2D eigenvalue weighted by molar-refractivity contribution is 9.10. The molecule has 2 aromatic carbocycles. The van der Waals surface area contributed by atoms with E-state index in [9.17, 15) is 4.39 Å². The molecule has 0 saturated carbocycles. The second-order valence-electron chi connectivity index (χ2n) is 4.69. The number of halogens is 4. The van der Waals surface area contributed by atoms with Crippen LogP contribution in [0.25, 0.3) is 16.7 Å². The Morgan fingerprint density at radius 2 is 1.95 bits per heavy atom. The van der Waals surface area contributed by atoms with Gasteiger partial charge in [0.15, 0.2) is 0 Å². The third-order valence-electron chi connectivity index (χ3n) is 3.29. The fourth-order valence-corrected chi connectivity index (χ4v) is 3.03. The van der Waals surface area contributed by atoms with Gasteiger partial charge in [-0.1, -0.05) is 15.9 Å². The standard InChI is InChI=1S/C15H10Br2ClFN2/c1-8-4-9(2-3-10(8)16)21-14-6-12(19)11(17)5-13(14)20-15(21)7-18/h2-6H,7H2,1H3. The van der Waals surface area contributed by atoms with Gasteiger partial charge in [-0.2, -0.15) is 0 Å². The van der Waals surface area contributed by atoms with Crippen LogP contribution >= 0.6 is 43.5 Å². The Morgan fingerprint density at radius 3 is 2.62 bits per heavy atom. The molecule has 1 aromatic heterocycles. The number of rotatable bonds is 2. The number of hydrogen-bond donors (Lipinski definition) is 0. The Balaban J connectivity index is 2.34. The topological polar surface area (TPSA) is 17.8 Å². The lowest BCUT2D eigenvalue weighted by Gasteiger charge is -2.10. The Bertz CT molecular complexity index is 845. The molecule has 2 nitrogen and oxygen atoms in total. The molecule has 3 aromatic rings. The van der Waals surface area contributed by atoms with Crippen molar-refractivity contribution in [2.75, 3.05) is 0 Å². The summed E-state index contributed by atoms with van der Waals surface area (Å²) in [6.45, 7) is 2.00. The van der Waals surface area contributed by atoms with Crippen LogP contribution in [0.1, 0.15) is 11.4 Å². The van der Waals surface area contributed by atoms with Crippen LogP contribution in [0.3, 0.4) is 0 Å². The maximum absolute atomic E-state index is 13.9. The first-order valence-corrected chi connectivity index (χ1v) is 8.32. The van der Waals surface area contributed by atoms with Gasteiger partial charge >= 0.3 is 0 Å². The molecule has 0 radical (unpaired) electrons. The molecular weight excluding hydrogens is 422 g/mol. The third-order valence-corrected chi connectivity index (χ3v) is 5.02. The summed E-state index contributed by atoms with van der Waals surface area (Å²) in [5.41, 5.74) is 3.41. The zero-order chi connectivity index (χ0) is 15.1. The highest BCUT2D eigenvalue weighted by atomic mass is 79.9. The summed E-state index contributed by atoms with van der Waals surface area (Å²) >= 11 is 12.7. The third kappa shape index (κ3) is 2.62. The molecule has 0 aliphatic heterocycles. The smallest absolute Gasteiger partial charge is 0.139 e. The average Bonchev–Trinajstić information content (AvgIpc) is 2.80. The maximum atomic E-state index is 13.9. The van der Waals surface area contributed by atoms with E-state index in [1.165, 1.54) is 6.07 Å². The van der Waals surface area contributed by atoms with Crippen LogP contribution in [0.2, 0.25) is 0 Å². The predicted octanol–water partition coefficient (Wildman–Crippen LogP) is 5.74. The van der Waals surface area contributed by atoms with E-state index >= 15 is 0 Å². The summed E-state index contributed by atoms with van der Waals surface area (Å²) in [6.07, 6.45) is 0. The van der Waals surface area contributed by atoms with E-state index in [4.69, 9.17) is 11.6 Å². The van der Waals surface area contributed by atoms with Crippen LogP contribution in [-0.2, 0) is 5.88 Å². The largest absolute Gasteiger partial charge is 0.295 e. The summed E-state index contributed by atoms with van der Waals surface area (Å²) < 4.78 is 17.2. The lowest BCUT2D eigenvalue weighted by molar-refractivity contribution is 0.622. The van der Waals surface area contributed by atoms with Crippen LogP contribution in [0.5, 0.6) is 0 Å². The molecule has 3 rings (SSSR count). The molecule has 6 heteroatoms. The van der Waals surface area contributed by atoms with Gasteiger partial charge in [0.25, 0.3) is 0 Å². The molecule has 0 fully saturated rings. The van der Waals surface area contributed by atoms with Gasteiger partial charge in [0.2, 0.25) is 0 Å². The zero-order valence-corrected chi connectivity index (χ0v) is 14.9. The molecule has 1 heterocycles. The molecule has 0 spiro atoms. The van der Waals surface area contributed by atoms with Gasteiger partial charge in [0.05, 0.1) is 21.4 Å². The van der Waals surface area contributed by atoms with Crippen molar-refractivity contribution in [1.29, 1.82) is 0 Å². The summed E-state index contributed by atoms with van der Waals surface area (Å²) in [4.78, 5) is 4.48. The number of aromatic nitrogens is 2. The van der Waals surface area contributed by atoms with Crippen LogP contribution in [0.4, 0.5) is 4.39 Å². The second-order valence-corrected chi connectivity index (χ2v) is 6.66. The van der Waals surface area contributed by atoms with Crippen molar-refractivity contribution in [2.24, 2.45) is 0 Å². The van der Waals surface area contributed by atoms with E-state index in [1.807, 2.05) is 29.7 Å². The SMILES string of the molecule is Cc1cc(-n2c(CCl)nc3cc(Br)c(F)cc32)ccc1Br. The summed E-state index contributed by atoms with van der Waals surface area (Å²) in [5.74, 6) is 0.618. The van der Waals surface area contributed by atoms with Gasteiger partial charge in [-0.15, -0.1) is 11.6 Å². The maximum Gasteiger partial charge on any atom is 0.139 e. The molecule has 0 amide bonds. The zero-order valence-electron chi connectivity index (χ0n) is 11.0. The van der Waals surface area contributed by atoms with Crippen molar-refractivity contribution < 1.29 is 4.39 Å². The fourth-order valence-electron chi connectivity index (χ4n) is 2.27. The van der Waals surface area contributed by atoms with E-state index in [-0.39, 0.29) is 11.7 Å². The number of alkyl halides is 1. The summed E-state index contributed by atoms with van der Waals surface area (Å²) in [7, 11) is 0. The Kier molecular flexibility index (Phi) is 4.08. The molecule has 0 bridgehead atoms. The van der Waals surface area contributed by atoms with Crippen molar-refractivity contribution in [1.82, 2.24) is 9.55 Å². The number of imidazole rings is 1. The molecular formula is C15H10Br2ClFN2. The van der Waals surface area contributed by atoms with Crippen LogP contribution in [0.15, 0.2) is 39.3 Å². The van der Waals surface area contributed by atoms with Gasteiger partial charge in [-0.05, 0) is 52.7 Å². The number of hydrogen-bond acceptors (Lipinski definition) is 1. The molecule has 0 atom stereocenters. The van der Waals surface area contributed by atoms with E-state index in [2.05, 4.69) is 36.8 Å². The molecule has 0 aliphatic carbocycles. The minimum Gasteiger partial charge on any atom is -0.295 e. The summed E-state index contributed by atoms with van der Waals surface area (Å²) in [6, 6.07) is 9.07. The Hall–Kier alpha value is -0.910. The Labute approximate surface area is 143 Å². The first kappa shape index (κ1) is 15.0. The molecule has 0 unspecified atom stereocenters. The van der Waals surface area contributed by atoms with Crippen molar-refractivity contribution in [3.8, 4) is 5.69 Å². The lowest BCUT2D eigenvalue weighted by Crippen LogP contribution is -2.00. The van der Waals surface area contributed by atoms with Crippen molar-refractivity contribution in [2.45, 2.75) is 12.8 Å². The van der Waals surface area contributed by atoms with Crippen LogP contribution < -0.4 is 0 Å². The number of nitrogens with zero attached hydrogens (tertiary/aromatic N) is 2. The molecule has 21 heavy (non-hydrogen) atoms. The minimum absolute atomic E-state index is 0.253. The van der Waals surface area contributed by atoms with E-state index in [1.54, 1.807) is 6.07 Å². The van der Waals surface area contributed by atoms with E-state index < -0.39 is 0 Å². The average molecular weight is 433 g/mol. The first-order chi connectivity index (χ1) is 10.0. The quantitative estimate of drug-likeness (QED) is 0.473. The predicted molar refractivity (Wildman–Crippen MR) is 90.7 cm³/mol. The van der Waals surface area contributed by atoms with Gasteiger partial charge in [0, 0.05) is 16.2 Å². The van der Waals surface area contributed by atoms with Gasteiger partial charge in [-0.25, -0.2) is 9.37 Å². The van der Waals surface area contributed by atoms with Crippen LogP contribution in [-0.4, -0.2) is 9.55 Å². The molecule has 0 N–H and O–H groups in total.